The molecule has 33 heavy (non-hydrogen) atoms. The molecule has 2 amide bonds. The number of halogens is 1. The van der Waals surface area contributed by atoms with Gasteiger partial charge in [-0.1, -0.05) is 86.1 Å². The van der Waals surface area contributed by atoms with Crippen LogP contribution in [0.25, 0.3) is 0 Å². The van der Waals surface area contributed by atoms with Crippen molar-refractivity contribution in [3.8, 4) is 0 Å². The summed E-state index contributed by atoms with van der Waals surface area (Å²) in [6.07, 6.45) is 2.37. The third-order valence-electron chi connectivity index (χ3n) is 5.57. The van der Waals surface area contributed by atoms with Crippen LogP contribution in [-0.4, -0.2) is 29.3 Å². The lowest BCUT2D eigenvalue weighted by Crippen LogP contribution is -2.51. The maximum absolute atomic E-state index is 13.5. The number of carbonyl (C=O) groups is 2. The van der Waals surface area contributed by atoms with Gasteiger partial charge in [-0.05, 0) is 35.2 Å². The van der Waals surface area contributed by atoms with Crippen LogP contribution in [0.3, 0.4) is 0 Å². The van der Waals surface area contributed by atoms with Gasteiger partial charge in [-0.15, -0.1) is 0 Å². The lowest BCUT2D eigenvalue weighted by molar-refractivity contribution is -0.140. The first-order valence-electron chi connectivity index (χ1n) is 11.5. The van der Waals surface area contributed by atoms with Crippen LogP contribution in [0.1, 0.15) is 36.5 Å². The fourth-order valence-electron chi connectivity index (χ4n) is 3.72. The van der Waals surface area contributed by atoms with E-state index in [-0.39, 0.29) is 24.1 Å². The number of rotatable bonds is 11. The minimum Gasteiger partial charge on any atom is -0.354 e. The summed E-state index contributed by atoms with van der Waals surface area (Å²) in [5.41, 5.74) is 2.65. The van der Waals surface area contributed by atoms with E-state index in [1.807, 2.05) is 60.7 Å². The Kier molecular flexibility index (Phi) is 9.19. The minimum atomic E-state index is -0.655. The van der Waals surface area contributed by atoms with Gasteiger partial charge in [0.2, 0.25) is 11.8 Å². The third kappa shape index (κ3) is 7.56. The van der Waals surface area contributed by atoms with Crippen molar-refractivity contribution in [2.75, 3.05) is 6.54 Å². The second kappa shape index (κ2) is 12.5. The zero-order valence-corrected chi connectivity index (χ0v) is 19.0. The highest BCUT2D eigenvalue weighted by Gasteiger charge is 2.30. The molecule has 0 radical (unpaired) electrons. The molecule has 0 spiro atoms. The number of amides is 2. The lowest BCUT2D eigenvalue weighted by Gasteiger charge is -2.31. The first-order valence-corrected chi connectivity index (χ1v) is 11.5. The summed E-state index contributed by atoms with van der Waals surface area (Å²) in [6, 6.07) is 24.7. The minimum absolute atomic E-state index is 0.0979. The first-order chi connectivity index (χ1) is 16.1. The molecule has 3 aromatic rings. The van der Waals surface area contributed by atoms with E-state index in [4.69, 9.17) is 0 Å². The second-order valence-corrected chi connectivity index (χ2v) is 8.16. The highest BCUT2D eigenvalue weighted by atomic mass is 19.1. The number of hydrogen-bond acceptors (Lipinski definition) is 2. The van der Waals surface area contributed by atoms with E-state index in [1.54, 1.807) is 17.0 Å². The Morgan fingerprint density at radius 2 is 1.45 bits per heavy atom. The van der Waals surface area contributed by atoms with Gasteiger partial charge in [-0.2, -0.15) is 0 Å². The van der Waals surface area contributed by atoms with Gasteiger partial charge in [0.1, 0.15) is 11.9 Å². The van der Waals surface area contributed by atoms with Crippen LogP contribution in [0.2, 0.25) is 0 Å². The van der Waals surface area contributed by atoms with E-state index in [2.05, 4.69) is 12.2 Å². The molecule has 0 aliphatic heterocycles. The molecule has 0 heterocycles. The number of nitrogens with one attached hydrogen (secondary N) is 1. The largest absolute Gasteiger partial charge is 0.354 e. The predicted octanol–water partition coefficient (Wildman–Crippen LogP) is 4.92. The van der Waals surface area contributed by atoms with Crippen molar-refractivity contribution >= 4 is 11.8 Å². The molecule has 0 saturated carbocycles. The fourth-order valence-corrected chi connectivity index (χ4v) is 3.72. The SMILES string of the molecule is CCCCNC(=O)C(Cc1ccccc1)N(Cc1ccccc1)C(=O)Cc1ccc(F)cc1. The smallest absolute Gasteiger partial charge is 0.243 e. The monoisotopic (exact) mass is 446 g/mol. The van der Waals surface area contributed by atoms with Gasteiger partial charge in [0, 0.05) is 19.5 Å². The Labute approximate surface area is 195 Å². The van der Waals surface area contributed by atoms with Gasteiger partial charge < -0.3 is 10.2 Å². The molecular weight excluding hydrogens is 415 g/mol. The van der Waals surface area contributed by atoms with Crippen molar-refractivity contribution in [3.63, 3.8) is 0 Å². The van der Waals surface area contributed by atoms with Crippen molar-refractivity contribution in [1.82, 2.24) is 10.2 Å². The van der Waals surface area contributed by atoms with Crippen molar-refractivity contribution < 1.29 is 14.0 Å². The van der Waals surface area contributed by atoms with Crippen LogP contribution < -0.4 is 5.32 Å². The summed E-state index contributed by atoms with van der Waals surface area (Å²) >= 11 is 0. The van der Waals surface area contributed by atoms with Crippen molar-refractivity contribution in [1.29, 1.82) is 0 Å². The van der Waals surface area contributed by atoms with Gasteiger partial charge in [0.15, 0.2) is 0 Å². The summed E-state index contributed by atoms with van der Waals surface area (Å²) in [5.74, 6) is -0.669. The van der Waals surface area contributed by atoms with E-state index in [0.29, 0.717) is 25.1 Å². The molecule has 4 nitrogen and oxygen atoms in total. The van der Waals surface area contributed by atoms with Crippen LogP contribution >= 0.6 is 0 Å². The zero-order valence-electron chi connectivity index (χ0n) is 19.0. The molecule has 0 aliphatic rings. The molecule has 0 aliphatic carbocycles. The zero-order chi connectivity index (χ0) is 23.5. The van der Waals surface area contributed by atoms with Gasteiger partial charge in [-0.25, -0.2) is 4.39 Å². The molecule has 1 unspecified atom stereocenters. The number of carbonyl (C=O) groups excluding carboxylic acids is 2. The Morgan fingerprint density at radius 3 is 2.06 bits per heavy atom. The number of benzene rings is 3. The second-order valence-electron chi connectivity index (χ2n) is 8.16. The van der Waals surface area contributed by atoms with Crippen LogP contribution in [0.5, 0.6) is 0 Å². The van der Waals surface area contributed by atoms with E-state index in [9.17, 15) is 14.0 Å². The molecule has 0 fully saturated rings. The molecule has 172 valence electrons. The standard InChI is InChI=1S/C28H31FN2O2/c1-2-3-18-30-28(33)26(19-22-10-6-4-7-11-22)31(21-24-12-8-5-9-13-24)27(32)20-23-14-16-25(29)17-15-23/h4-17,26H,2-3,18-21H2,1H3,(H,30,33). The van der Waals surface area contributed by atoms with Crippen molar-refractivity contribution in [2.45, 2.75) is 45.2 Å². The maximum Gasteiger partial charge on any atom is 0.243 e. The molecule has 3 aromatic carbocycles. The van der Waals surface area contributed by atoms with Crippen molar-refractivity contribution in [3.05, 3.63) is 107 Å². The third-order valence-corrected chi connectivity index (χ3v) is 5.57. The van der Waals surface area contributed by atoms with E-state index < -0.39 is 6.04 Å². The Morgan fingerprint density at radius 1 is 0.848 bits per heavy atom. The fraction of sp³-hybridized carbons (Fsp3) is 0.286. The Balaban J connectivity index is 1.90. The van der Waals surface area contributed by atoms with E-state index >= 15 is 0 Å². The predicted molar refractivity (Wildman–Crippen MR) is 129 cm³/mol. The molecule has 1 atom stereocenters. The average Bonchev–Trinajstić information content (AvgIpc) is 2.84. The quantitative estimate of drug-likeness (QED) is 0.425. The van der Waals surface area contributed by atoms with Gasteiger partial charge in [-0.3, -0.25) is 9.59 Å². The molecule has 0 bridgehead atoms. The summed E-state index contributed by atoms with van der Waals surface area (Å²) < 4.78 is 13.3. The average molecular weight is 447 g/mol. The van der Waals surface area contributed by atoms with Gasteiger partial charge >= 0.3 is 0 Å². The van der Waals surface area contributed by atoms with E-state index in [0.717, 1.165) is 24.0 Å². The Hall–Kier alpha value is -3.47. The molecule has 5 heteroatoms. The van der Waals surface area contributed by atoms with Crippen LogP contribution in [0.4, 0.5) is 4.39 Å². The highest BCUT2D eigenvalue weighted by molar-refractivity contribution is 5.88. The normalized spacial score (nSPS) is 11.6. The topological polar surface area (TPSA) is 49.4 Å². The molecule has 0 saturated heterocycles. The van der Waals surface area contributed by atoms with Crippen LogP contribution in [-0.2, 0) is 29.0 Å². The summed E-state index contributed by atoms with van der Waals surface area (Å²) in [6.45, 7) is 2.97. The molecule has 0 aromatic heterocycles. The van der Waals surface area contributed by atoms with E-state index in [1.165, 1.54) is 12.1 Å². The lowest BCUT2D eigenvalue weighted by atomic mass is 10.0. The van der Waals surface area contributed by atoms with Gasteiger partial charge in [0.25, 0.3) is 0 Å². The van der Waals surface area contributed by atoms with Crippen LogP contribution in [0, 0.1) is 5.82 Å². The summed E-state index contributed by atoms with van der Waals surface area (Å²) in [7, 11) is 0. The van der Waals surface area contributed by atoms with Gasteiger partial charge in [0.05, 0.1) is 6.42 Å². The molecule has 3 rings (SSSR count). The number of unbranched alkanes of at least 4 members (excludes halogenated alkanes) is 1. The Bertz CT molecular complexity index is 1010. The number of nitrogens with zero attached hydrogens (tertiary/aromatic N) is 1. The summed E-state index contributed by atoms with van der Waals surface area (Å²) in [5, 5.41) is 3.01. The number of hydrogen-bond donors (Lipinski definition) is 1. The highest BCUT2D eigenvalue weighted by Crippen LogP contribution is 2.17. The summed E-state index contributed by atoms with van der Waals surface area (Å²) in [4.78, 5) is 28.5. The molecular formula is C28H31FN2O2. The molecule has 1 N–H and O–H groups in total. The first kappa shape index (κ1) is 24.2. The maximum atomic E-state index is 13.5. The van der Waals surface area contributed by atoms with Crippen molar-refractivity contribution in [2.24, 2.45) is 0 Å². The van der Waals surface area contributed by atoms with Crippen LogP contribution in [0.15, 0.2) is 84.9 Å².